The van der Waals surface area contributed by atoms with Crippen molar-refractivity contribution in [3.05, 3.63) is 35.4 Å². The van der Waals surface area contributed by atoms with Crippen LogP contribution in [0.25, 0.3) is 0 Å². The second-order valence-corrected chi connectivity index (χ2v) is 11.3. The Bertz CT molecular complexity index is 840. The Balaban J connectivity index is 3.45. The van der Waals surface area contributed by atoms with Gasteiger partial charge in [0.1, 0.15) is 17.7 Å². The van der Waals surface area contributed by atoms with E-state index in [4.69, 9.17) is 4.74 Å². The van der Waals surface area contributed by atoms with Gasteiger partial charge in [-0.05, 0) is 77.0 Å². The molecule has 0 spiro atoms. The van der Waals surface area contributed by atoms with E-state index in [1.165, 1.54) is 0 Å². The van der Waals surface area contributed by atoms with Gasteiger partial charge in [0.25, 0.3) is 0 Å². The summed E-state index contributed by atoms with van der Waals surface area (Å²) in [6.07, 6.45) is 5.18. The fraction of sp³-hybridized carbons (Fsp3) is 0.679. The van der Waals surface area contributed by atoms with Crippen molar-refractivity contribution in [3.63, 3.8) is 0 Å². The Morgan fingerprint density at radius 3 is 2.28 bits per heavy atom. The van der Waals surface area contributed by atoms with Crippen LogP contribution in [0.2, 0.25) is 0 Å². The van der Waals surface area contributed by atoms with Crippen molar-refractivity contribution in [2.45, 2.75) is 104 Å². The van der Waals surface area contributed by atoms with E-state index in [9.17, 15) is 14.4 Å². The maximum atomic E-state index is 14.1. The van der Waals surface area contributed by atoms with E-state index < -0.39 is 23.8 Å². The number of rotatable bonds is 14. The standard InChI is InChI=1S/C28H47N3O4S/c1-9-11-18-31(26(33)23(17-19-36-8)30-27(34)35-28(5,6)7)24(22-16-13-12-15-20(22)3)25(32)29-21(4)14-10-2/h12-13,15-16,21,23-24H,9-11,14,17-19H2,1-8H3,(H,29,32)(H,30,34). The molecule has 7 nitrogen and oxygen atoms in total. The molecule has 0 saturated carbocycles. The Morgan fingerprint density at radius 1 is 1.06 bits per heavy atom. The van der Waals surface area contributed by atoms with Crippen molar-refractivity contribution >= 4 is 29.7 Å². The maximum Gasteiger partial charge on any atom is 0.408 e. The summed E-state index contributed by atoms with van der Waals surface area (Å²) in [5.74, 6) is 0.216. The van der Waals surface area contributed by atoms with E-state index in [1.807, 2.05) is 44.4 Å². The highest BCUT2D eigenvalue weighted by atomic mass is 32.2. The van der Waals surface area contributed by atoms with Crippen LogP contribution in [-0.4, -0.2) is 59.0 Å². The molecule has 3 amide bonds. The van der Waals surface area contributed by atoms with Gasteiger partial charge in [-0.2, -0.15) is 11.8 Å². The van der Waals surface area contributed by atoms with Crippen LogP contribution in [-0.2, 0) is 14.3 Å². The average Bonchev–Trinajstić information content (AvgIpc) is 2.78. The molecule has 0 aliphatic heterocycles. The summed E-state index contributed by atoms with van der Waals surface area (Å²) in [7, 11) is 0. The molecule has 8 heteroatoms. The average molecular weight is 522 g/mol. The van der Waals surface area contributed by atoms with Gasteiger partial charge in [-0.15, -0.1) is 0 Å². The number of unbranched alkanes of at least 4 members (excludes halogenated alkanes) is 1. The van der Waals surface area contributed by atoms with Gasteiger partial charge in [0.2, 0.25) is 11.8 Å². The topological polar surface area (TPSA) is 87.7 Å². The van der Waals surface area contributed by atoms with E-state index in [-0.39, 0.29) is 17.9 Å². The molecule has 1 rings (SSSR count). The van der Waals surface area contributed by atoms with E-state index in [1.54, 1.807) is 37.4 Å². The fourth-order valence-electron chi connectivity index (χ4n) is 4.01. The first-order valence-electron chi connectivity index (χ1n) is 13.1. The lowest BCUT2D eigenvalue weighted by Crippen LogP contribution is -2.54. The minimum Gasteiger partial charge on any atom is -0.444 e. The summed E-state index contributed by atoms with van der Waals surface area (Å²) in [6.45, 7) is 13.8. The highest BCUT2D eigenvalue weighted by Gasteiger charge is 2.36. The van der Waals surface area contributed by atoms with Crippen molar-refractivity contribution in [2.75, 3.05) is 18.6 Å². The van der Waals surface area contributed by atoms with Crippen LogP contribution < -0.4 is 10.6 Å². The van der Waals surface area contributed by atoms with Crippen LogP contribution in [0.1, 0.15) is 90.8 Å². The van der Waals surface area contributed by atoms with Crippen molar-refractivity contribution in [1.29, 1.82) is 0 Å². The zero-order valence-corrected chi connectivity index (χ0v) is 24.3. The number of aryl methyl sites for hydroxylation is 1. The molecule has 0 heterocycles. The normalized spacial score (nSPS) is 13.9. The van der Waals surface area contributed by atoms with Crippen LogP contribution in [0, 0.1) is 6.92 Å². The highest BCUT2D eigenvalue weighted by molar-refractivity contribution is 7.98. The molecule has 204 valence electrons. The molecule has 0 aliphatic rings. The number of ether oxygens (including phenoxy) is 1. The summed E-state index contributed by atoms with van der Waals surface area (Å²) >= 11 is 1.60. The smallest absolute Gasteiger partial charge is 0.408 e. The Labute approximate surface area is 222 Å². The molecule has 1 aromatic rings. The highest BCUT2D eigenvalue weighted by Crippen LogP contribution is 2.27. The fourth-order valence-corrected chi connectivity index (χ4v) is 4.48. The summed E-state index contributed by atoms with van der Waals surface area (Å²) in [5.41, 5.74) is 1.05. The molecule has 0 bridgehead atoms. The first-order valence-corrected chi connectivity index (χ1v) is 14.5. The third kappa shape index (κ3) is 10.8. The van der Waals surface area contributed by atoms with Gasteiger partial charge in [-0.3, -0.25) is 9.59 Å². The number of carbonyl (C=O) groups excluding carboxylic acids is 3. The van der Waals surface area contributed by atoms with Crippen LogP contribution in [0.3, 0.4) is 0 Å². The summed E-state index contributed by atoms with van der Waals surface area (Å²) in [4.78, 5) is 42.1. The second-order valence-electron chi connectivity index (χ2n) is 10.3. The number of hydrogen-bond acceptors (Lipinski definition) is 5. The molecule has 3 unspecified atom stereocenters. The second kappa shape index (κ2) is 15.8. The monoisotopic (exact) mass is 521 g/mol. The van der Waals surface area contributed by atoms with Gasteiger partial charge >= 0.3 is 6.09 Å². The minimum atomic E-state index is -0.795. The lowest BCUT2D eigenvalue weighted by atomic mass is 9.97. The first-order chi connectivity index (χ1) is 16.9. The van der Waals surface area contributed by atoms with Crippen LogP contribution in [0.5, 0.6) is 0 Å². The van der Waals surface area contributed by atoms with Gasteiger partial charge < -0.3 is 20.3 Å². The van der Waals surface area contributed by atoms with Gasteiger partial charge in [0, 0.05) is 12.6 Å². The number of thioether (sulfide) groups is 1. The minimum absolute atomic E-state index is 0.00989. The summed E-state index contributed by atoms with van der Waals surface area (Å²) < 4.78 is 5.44. The van der Waals surface area contributed by atoms with Crippen LogP contribution in [0.15, 0.2) is 24.3 Å². The van der Waals surface area contributed by atoms with Gasteiger partial charge in [-0.1, -0.05) is 51.0 Å². The third-order valence-electron chi connectivity index (χ3n) is 5.79. The Kier molecular flexibility index (Phi) is 14.0. The predicted octanol–water partition coefficient (Wildman–Crippen LogP) is 5.62. The lowest BCUT2D eigenvalue weighted by Gasteiger charge is -2.35. The third-order valence-corrected chi connectivity index (χ3v) is 6.43. The molecule has 36 heavy (non-hydrogen) atoms. The SMILES string of the molecule is CCCCN(C(=O)C(CCSC)NC(=O)OC(C)(C)C)C(C(=O)NC(C)CCC)c1ccccc1C. The number of hydrogen-bond donors (Lipinski definition) is 2. The maximum absolute atomic E-state index is 14.1. The zero-order chi connectivity index (χ0) is 27.3. The quantitative estimate of drug-likeness (QED) is 0.332. The molecule has 1 aromatic carbocycles. The molecule has 0 radical (unpaired) electrons. The van der Waals surface area contributed by atoms with Crippen molar-refractivity contribution < 1.29 is 19.1 Å². The molecule has 0 fully saturated rings. The Hall–Kier alpha value is -2.22. The van der Waals surface area contributed by atoms with Gasteiger partial charge in [0.05, 0.1) is 0 Å². The van der Waals surface area contributed by atoms with Gasteiger partial charge in [0.15, 0.2) is 0 Å². The number of benzene rings is 1. The van der Waals surface area contributed by atoms with Crippen LogP contribution in [0.4, 0.5) is 4.79 Å². The van der Waals surface area contributed by atoms with E-state index >= 15 is 0 Å². The molecule has 0 aliphatic carbocycles. The number of nitrogens with zero attached hydrogens (tertiary/aromatic N) is 1. The summed E-state index contributed by atoms with van der Waals surface area (Å²) in [5, 5.41) is 5.91. The molecular formula is C28H47N3O4S. The molecular weight excluding hydrogens is 474 g/mol. The van der Waals surface area contributed by atoms with E-state index in [0.717, 1.165) is 36.8 Å². The molecule has 0 aromatic heterocycles. The number of amides is 3. The number of alkyl carbamates (subject to hydrolysis) is 1. The van der Waals surface area contributed by atoms with Crippen LogP contribution >= 0.6 is 11.8 Å². The largest absolute Gasteiger partial charge is 0.444 e. The van der Waals surface area contributed by atoms with E-state index in [2.05, 4.69) is 24.5 Å². The van der Waals surface area contributed by atoms with E-state index in [0.29, 0.717) is 18.7 Å². The van der Waals surface area contributed by atoms with Crippen molar-refractivity contribution in [2.24, 2.45) is 0 Å². The number of nitrogens with one attached hydrogen (secondary N) is 2. The first kappa shape index (κ1) is 31.8. The molecule has 3 atom stereocenters. The summed E-state index contributed by atoms with van der Waals surface area (Å²) in [6, 6.07) is 6.09. The van der Waals surface area contributed by atoms with Gasteiger partial charge in [-0.25, -0.2) is 4.79 Å². The Morgan fingerprint density at radius 2 is 1.72 bits per heavy atom. The van der Waals surface area contributed by atoms with Crippen molar-refractivity contribution in [1.82, 2.24) is 15.5 Å². The van der Waals surface area contributed by atoms with Crippen molar-refractivity contribution in [3.8, 4) is 0 Å². The zero-order valence-electron chi connectivity index (χ0n) is 23.5. The lowest BCUT2D eigenvalue weighted by molar-refractivity contribution is -0.143. The number of carbonyl (C=O) groups is 3. The predicted molar refractivity (Wildman–Crippen MR) is 149 cm³/mol. The molecule has 2 N–H and O–H groups in total. The molecule has 0 saturated heterocycles.